The number of hydrogen-bond donors (Lipinski definition) is 2. The quantitative estimate of drug-likeness (QED) is 0.514. The number of anilines is 1. The van der Waals surface area contributed by atoms with E-state index in [1.54, 1.807) is 18.3 Å². The van der Waals surface area contributed by atoms with Gasteiger partial charge in [-0.15, -0.1) is 11.3 Å². The number of hydrogen-bond acceptors (Lipinski definition) is 7. The van der Waals surface area contributed by atoms with E-state index < -0.39 is 16.1 Å². The SMILES string of the molecule is CN1CCc2sc(S(=O)(=O)NC(=O)Nc3c(-c4cncc(C#N)c4)ccc4c3CCC4)cc2C1.[NaH]. The average molecular weight is 518 g/mol. The minimum atomic E-state index is -4.01. The first-order chi connectivity index (χ1) is 16.3. The van der Waals surface area contributed by atoms with E-state index in [-0.39, 0.29) is 33.8 Å². The Morgan fingerprint density at radius 1 is 1.17 bits per heavy atom. The number of nitrogens with one attached hydrogen (secondary N) is 2. The van der Waals surface area contributed by atoms with Gasteiger partial charge in [0.2, 0.25) is 0 Å². The molecule has 11 heteroatoms. The van der Waals surface area contributed by atoms with Crippen LogP contribution < -0.4 is 10.0 Å². The van der Waals surface area contributed by atoms with Crippen molar-refractivity contribution in [3.63, 3.8) is 0 Å². The van der Waals surface area contributed by atoms with Gasteiger partial charge in [0.15, 0.2) is 0 Å². The molecule has 2 amide bonds. The van der Waals surface area contributed by atoms with Gasteiger partial charge in [-0.3, -0.25) is 4.98 Å². The van der Waals surface area contributed by atoms with Crippen LogP contribution in [0.1, 0.15) is 33.6 Å². The van der Waals surface area contributed by atoms with Crippen LogP contribution in [-0.4, -0.2) is 67.5 Å². The van der Waals surface area contributed by atoms with E-state index in [2.05, 4.69) is 26.0 Å². The van der Waals surface area contributed by atoms with Crippen molar-refractivity contribution in [1.82, 2.24) is 14.6 Å². The Hall–Kier alpha value is -2.26. The molecule has 2 aromatic heterocycles. The molecular formula is C24H24N5NaO3S2. The molecule has 0 spiro atoms. The van der Waals surface area contributed by atoms with Crippen molar-refractivity contribution in [2.45, 2.75) is 36.4 Å². The zero-order valence-electron chi connectivity index (χ0n) is 18.6. The number of carbonyl (C=O) groups is 1. The molecule has 3 aromatic rings. The average Bonchev–Trinajstić information content (AvgIpc) is 3.46. The van der Waals surface area contributed by atoms with Crippen LogP contribution in [0.2, 0.25) is 0 Å². The first kappa shape index (κ1) is 25.8. The molecule has 2 aliphatic rings. The molecule has 1 aliphatic carbocycles. The van der Waals surface area contributed by atoms with Gasteiger partial charge in [0.05, 0.1) is 11.3 Å². The van der Waals surface area contributed by atoms with Crippen molar-refractivity contribution in [3.8, 4) is 17.2 Å². The van der Waals surface area contributed by atoms with E-state index in [4.69, 9.17) is 0 Å². The number of nitriles is 1. The Morgan fingerprint density at radius 3 is 2.80 bits per heavy atom. The molecule has 0 atom stereocenters. The van der Waals surface area contributed by atoms with Crippen molar-refractivity contribution in [1.29, 1.82) is 5.26 Å². The molecule has 0 saturated carbocycles. The van der Waals surface area contributed by atoms with Gasteiger partial charge in [0.25, 0.3) is 10.0 Å². The van der Waals surface area contributed by atoms with E-state index in [1.165, 1.54) is 17.5 Å². The Kier molecular flexibility index (Phi) is 7.66. The van der Waals surface area contributed by atoms with Gasteiger partial charge in [0.1, 0.15) is 10.3 Å². The molecule has 0 bridgehead atoms. The van der Waals surface area contributed by atoms with Gasteiger partial charge in [0, 0.05) is 41.5 Å². The van der Waals surface area contributed by atoms with Crippen LogP contribution >= 0.6 is 11.3 Å². The zero-order valence-corrected chi connectivity index (χ0v) is 20.2. The fourth-order valence-corrected chi connectivity index (χ4v) is 7.04. The number of rotatable bonds is 4. The van der Waals surface area contributed by atoms with Crippen LogP contribution in [0.4, 0.5) is 10.5 Å². The Labute approximate surface area is 230 Å². The Balaban J connectivity index is 0.00000289. The summed E-state index contributed by atoms with van der Waals surface area (Å²) in [6.45, 7) is 1.58. The van der Waals surface area contributed by atoms with E-state index in [0.717, 1.165) is 53.8 Å². The maximum absolute atomic E-state index is 13.0. The third-order valence-electron chi connectivity index (χ3n) is 6.23. The van der Waals surface area contributed by atoms with Crippen molar-refractivity contribution in [2.75, 3.05) is 18.9 Å². The number of pyridine rings is 1. The van der Waals surface area contributed by atoms with Gasteiger partial charge in [-0.05, 0) is 61.6 Å². The number of urea groups is 1. The maximum atomic E-state index is 13.0. The third-order valence-corrected chi connectivity index (χ3v) is 9.27. The first-order valence-electron chi connectivity index (χ1n) is 11.0. The standard InChI is InChI=1S/C24H23N5O3S2.Na.H/c1-29-8-7-21-18(14-29)10-22(33-21)34(31,32)28-24(30)27-23-19-4-2-3-16(19)5-6-20(23)17-9-15(11-25)12-26-13-17;;/h5-6,9-10,12-13H,2-4,7-8,14H2,1H3,(H2,27,28,30);;. The zero-order chi connectivity index (χ0) is 23.9. The summed E-state index contributed by atoms with van der Waals surface area (Å²) in [6, 6.07) is 8.54. The number of fused-ring (bicyclic) bond motifs is 2. The van der Waals surface area contributed by atoms with Crippen molar-refractivity contribution in [2.24, 2.45) is 0 Å². The molecule has 0 saturated heterocycles. The van der Waals surface area contributed by atoms with Gasteiger partial charge in [-0.25, -0.2) is 17.9 Å². The topological polar surface area (TPSA) is 115 Å². The Bertz CT molecular complexity index is 1450. The van der Waals surface area contributed by atoms with Crippen LogP contribution in [-0.2, 0) is 35.8 Å². The second kappa shape index (κ2) is 10.4. The normalized spacial score (nSPS) is 14.9. The number of aromatic nitrogens is 1. The van der Waals surface area contributed by atoms with Crippen LogP contribution in [0.5, 0.6) is 0 Å². The molecule has 35 heavy (non-hydrogen) atoms. The van der Waals surface area contributed by atoms with Crippen LogP contribution in [0.15, 0.2) is 40.9 Å². The second-order valence-electron chi connectivity index (χ2n) is 8.61. The number of nitrogens with zero attached hydrogens (tertiary/aromatic N) is 3. The van der Waals surface area contributed by atoms with Crippen LogP contribution in [0, 0.1) is 11.3 Å². The van der Waals surface area contributed by atoms with Gasteiger partial charge in [-0.2, -0.15) is 5.26 Å². The van der Waals surface area contributed by atoms with Gasteiger partial charge in [-0.1, -0.05) is 12.1 Å². The summed E-state index contributed by atoms with van der Waals surface area (Å²) in [5.74, 6) is 0. The number of sulfonamides is 1. The third kappa shape index (κ3) is 5.31. The number of amides is 2. The van der Waals surface area contributed by atoms with Crippen LogP contribution in [0.3, 0.4) is 0 Å². The number of benzene rings is 1. The summed E-state index contributed by atoms with van der Waals surface area (Å²) in [6.07, 6.45) is 6.54. The summed E-state index contributed by atoms with van der Waals surface area (Å²) < 4.78 is 28.3. The predicted molar refractivity (Wildman–Crippen MR) is 137 cm³/mol. The molecule has 1 aliphatic heterocycles. The van der Waals surface area contributed by atoms with Gasteiger partial charge < -0.3 is 10.2 Å². The molecule has 0 unspecified atom stereocenters. The number of aryl methyl sites for hydroxylation is 1. The Morgan fingerprint density at radius 2 is 2.00 bits per heavy atom. The number of carbonyl (C=O) groups excluding carboxylic acids is 1. The van der Waals surface area contributed by atoms with E-state index >= 15 is 0 Å². The number of thiophene rings is 1. The summed E-state index contributed by atoms with van der Waals surface area (Å²) in [5.41, 5.74) is 5.46. The molecule has 5 rings (SSSR count). The second-order valence-corrected chi connectivity index (χ2v) is 11.7. The summed E-state index contributed by atoms with van der Waals surface area (Å²) in [7, 11) is -2.01. The van der Waals surface area contributed by atoms with E-state index in [1.807, 2.05) is 19.2 Å². The monoisotopic (exact) mass is 517 g/mol. The molecule has 176 valence electrons. The summed E-state index contributed by atoms with van der Waals surface area (Å²) in [4.78, 5) is 20.2. The fourth-order valence-electron chi connectivity index (χ4n) is 4.59. The summed E-state index contributed by atoms with van der Waals surface area (Å²) in [5, 5.41) is 12.0. The van der Waals surface area contributed by atoms with Crippen molar-refractivity contribution >= 4 is 62.6 Å². The number of likely N-dealkylation sites (N-methyl/N-ethyl adjacent to an activating group) is 1. The first-order valence-corrected chi connectivity index (χ1v) is 13.3. The molecular weight excluding hydrogens is 493 g/mol. The predicted octanol–water partition coefficient (Wildman–Crippen LogP) is 3.02. The molecule has 0 fully saturated rings. The fraction of sp³-hybridized carbons (Fsp3) is 0.292. The minimum absolute atomic E-state index is 0. The van der Waals surface area contributed by atoms with Gasteiger partial charge >= 0.3 is 35.6 Å². The van der Waals surface area contributed by atoms with Crippen molar-refractivity contribution in [3.05, 3.63) is 63.8 Å². The van der Waals surface area contributed by atoms with Crippen LogP contribution in [0.25, 0.3) is 11.1 Å². The molecule has 2 N–H and O–H groups in total. The molecule has 1 aromatic carbocycles. The van der Waals surface area contributed by atoms with Crippen molar-refractivity contribution < 1.29 is 13.2 Å². The van der Waals surface area contributed by atoms with E-state index in [9.17, 15) is 18.5 Å². The van der Waals surface area contributed by atoms with E-state index in [0.29, 0.717) is 28.9 Å². The molecule has 8 nitrogen and oxygen atoms in total. The summed E-state index contributed by atoms with van der Waals surface area (Å²) >= 11 is 1.22. The molecule has 0 radical (unpaired) electrons. The molecule has 3 heterocycles.